The molecule has 3 N–H and O–H groups in total. The van der Waals surface area contributed by atoms with Gasteiger partial charge >= 0.3 is 5.69 Å². The Morgan fingerprint density at radius 1 is 1.53 bits per heavy atom. The van der Waals surface area contributed by atoms with Crippen LogP contribution in [-0.2, 0) is 6.54 Å². The molecule has 0 saturated heterocycles. The Morgan fingerprint density at radius 3 is 2.60 bits per heavy atom. The highest BCUT2D eigenvalue weighted by atomic mass is 35.5. The maximum atomic E-state index is 11.3. The number of anilines is 1. The Labute approximate surface area is 89.7 Å². The molecule has 0 aliphatic heterocycles. The third kappa shape index (κ3) is 1.94. The van der Waals surface area contributed by atoms with Crippen molar-refractivity contribution in [2.45, 2.75) is 13.5 Å². The van der Waals surface area contributed by atoms with Gasteiger partial charge < -0.3 is 5.73 Å². The molecule has 0 aliphatic rings. The number of alkyl halides is 1. The van der Waals surface area contributed by atoms with Gasteiger partial charge in [-0.3, -0.25) is 19.1 Å². The van der Waals surface area contributed by atoms with Gasteiger partial charge in [0.1, 0.15) is 11.4 Å². The van der Waals surface area contributed by atoms with Crippen LogP contribution in [0.15, 0.2) is 9.59 Å². The monoisotopic (exact) mass is 231 g/mol. The quantitative estimate of drug-likeness (QED) is 0.544. The zero-order valence-corrected chi connectivity index (χ0v) is 8.80. The average Bonchev–Trinajstić information content (AvgIpc) is 2.17. The maximum Gasteiger partial charge on any atom is 0.329 e. The van der Waals surface area contributed by atoms with Crippen LogP contribution in [0, 0.1) is 0 Å². The lowest BCUT2D eigenvalue weighted by atomic mass is 10.2. The van der Waals surface area contributed by atoms with E-state index in [9.17, 15) is 14.4 Å². The molecule has 0 amide bonds. The van der Waals surface area contributed by atoms with Crippen molar-refractivity contribution in [3.63, 3.8) is 0 Å². The second-order valence-electron chi connectivity index (χ2n) is 2.82. The van der Waals surface area contributed by atoms with Gasteiger partial charge in [0.05, 0.1) is 5.88 Å². The van der Waals surface area contributed by atoms with Crippen LogP contribution in [0.4, 0.5) is 5.82 Å². The summed E-state index contributed by atoms with van der Waals surface area (Å²) in [5.74, 6) is -1.09. The molecule has 0 bridgehead atoms. The number of nitrogens with zero attached hydrogens (tertiary/aromatic N) is 1. The van der Waals surface area contributed by atoms with Crippen molar-refractivity contribution >= 4 is 23.2 Å². The van der Waals surface area contributed by atoms with E-state index in [1.807, 2.05) is 4.98 Å². The first-order valence-electron chi connectivity index (χ1n) is 4.24. The highest BCUT2D eigenvalue weighted by Gasteiger charge is 2.17. The fourth-order valence-electron chi connectivity index (χ4n) is 1.24. The van der Waals surface area contributed by atoms with E-state index in [1.54, 1.807) is 6.92 Å². The summed E-state index contributed by atoms with van der Waals surface area (Å²) in [7, 11) is 0. The molecule has 0 atom stereocenters. The van der Waals surface area contributed by atoms with Crippen LogP contribution >= 0.6 is 11.6 Å². The van der Waals surface area contributed by atoms with Crippen molar-refractivity contribution in [3.05, 3.63) is 26.4 Å². The standard InChI is InChI=1S/C8H10ClN3O3/c1-2-12-6(10)5(4(13)3-9)7(14)11-8(12)15/h2-3,10H2,1H3,(H,11,14,15). The summed E-state index contributed by atoms with van der Waals surface area (Å²) in [6.07, 6.45) is 0. The lowest BCUT2D eigenvalue weighted by Crippen LogP contribution is -2.36. The molecule has 1 heterocycles. The molecular formula is C8H10ClN3O3. The molecule has 7 heteroatoms. The van der Waals surface area contributed by atoms with Gasteiger partial charge in [0.2, 0.25) is 0 Å². The minimum Gasteiger partial charge on any atom is -0.384 e. The molecule has 1 rings (SSSR count). The van der Waals surface area contributed by atoms with Crippen LogP contribution in [0.3, 0.4) is 0 Å². The molecule has 0 aromatic carbocycles. The van der Waals surface area contributed by atoms with E-state index in [-0.39, 0.29) is 23.8 Å². The smallest absolute Gasteiger partial charge is 0.329 e. The lowest BCUT2D eigenvalue weighted by molar-refractivity contribution is 0.101. The predicted octanol–water partition coefficient (Wildman–Crippen LogP) is -0.440. The van der Waals surface area contributed by atoms with E-state index in [2.05, 4.69) is 0 Å². The van der Waals surface area contributed by atoms with Gasteiger partial charge in [-0.25, -0.2) is 4.79 Å². The number of hydrogen-bond acceptors (Lipinski definition) is 4. The Kier molecular flexibility index (Phi) is 3.31. The SMILES string of the molecule is CCn1c(N)c(C(=O)CCl)c(=O)[nH]c1=O. The highest BCUT2D eigenvalue weighted by Crippen LogP contribution is 2.05. The fourth-order valence-corrected chi connectivity index (χ4v) is 1.37. The topological polar surface area (TPSA) is 97.9 Å². The second kappa shape index (κ2) is 4.31. The third-order valence-electron chi connectivity index (χ3n) is 1.96. The maximum absolute atomic E-state index is 11.3. The van der Waals surface area contributed by atoms with Crippen molar-refractivity contribution in [1.82, 2.24) is 9.55 Å². The number of carbonyl (C=O) groups is 1. The first kappa shape index (κ1) is 11.5. The van der Waals surface area contributed by atoms with Crippen LogP contribution in [-0.4, -0.2) is 21.2 Å². The molecule has 82 valence electrons. The van der Waals surface area contributed by atoms with Gasteiger partial charge in [0.25, 0.3) is 5.56 Å². The summed E-state index contributed by atoms with van der Waals surface area (Å²) in [6.45, 7) is 1.94. The molecule has 1 aromatic heterocycles. The predicted molar refractivity (Wildman–Crippen MR) is 56.5 cm³/mol. The molecule has 1 aromatic rings. The summed E-state index contributed by atoms with van der Waals surface area (Å²) in [5, 5.41) is 0. The summed E-state index contributed by atoms with van der Waals surface area (Å²) in [4.78, 5) is 35.8. The second-order valence-corrected chi connectivity index (χ2v) is 3.09. The number of nitrogen functional groups attached to an aromatic ring is 1. The van der Waals surface area contributed by atoms with E-state index < -0.39 is 17.0 Å². The summed E-state index contributed by atoms with van der Waals surface area (Å²) in [6, 6.07) is 0. The number of aromatic nitrogens is 2. The van der Waals surface area contributed by atoms with Crippen molar-refractivity contribution in [1.29, 1.82) is 0 Å². The Morgan fingerprint density at radius 2 is 2.13 bits per heavy atom. The molecule has 0 radical (unpaired) electrons. The van der Waals surface area contributed by atoms with E-state index in [1.165, 1.54) is 0 Å². The van der Waals surface area contributed by atoms with Crippen molar-refractivity contribution in [2.75, 3.05) is 11.6 Å². The minimum atomic E-state index is -0.798. The number of Topliss-reactive ketones (excluding diaryl/α,β-unsaturated/α-hetero) is 1. The molecule has 15 heavy (non-hydrogen) atoms. The number of nitrogens with one attached hydrogen (secondary N) is 1. The summed E-state index contributed by atoms with van der Waals surface area (Å²) < 4.78 is 1.10. The van der Waals surface area contributed by atoms with E-state index in [0.29, 0.717) is 0 Å². The summed E-state index contributed by atoms with van der Waals surface area (Å²) in [5.41, 5.74) is 3.85. The number of H-pyrrole nitrogens is 1. The largest absolute Gasteiger partial charge is 0.384 e. The molecule has 0 spiro atoms. The molecule has 6 nitrogen and oxygen atoms in total. The van der Waals surface area contributed by atoms with Crippen LogP contribution in [0.25, 0.3) is 0 Å². The van der Waals surface area contributed by atoms with Crippen LogP contribution in [0.5, 0.6) is 0 Å². The van der Waals surface area contributed by atoms with E-state index >= 15 is 0 Å². The Bertz CT molecular complexity index is 503. The Balaban J connectivity index is 3.60. The minimum absolute atomic E-state index is 0.142. The number of aromatic amines is 1. The molecule has 0 aliphatic carbocycles. The number of nitrogens with two attached hydrogens (primary N) is 1. The zero-order chi connectivity index (χ0) is 11.6. The van der Waals surface area contributed by atoms with Crippen molar-refractivity contribution < 1.29 is 4.79 Å². The number of ketones is 1. The van der Waals surface area contributed by atoms with Crippen LogP contribution in [0.2, 0.25) is 0 Å². The van der Waals surface area contributed by atoms with Gasteiger partial charge in [0, 0.05) is 6.54 Å². The van der Waals surface area contributed by atoms with Crippen molar-refractivity contribution in [2.24, 2.45) is 0 Å². The van der Waals surface area contributed by atoms with Gasteiger partial charge in [-0.15, -0.1) is 11.6 Å². The van der Waals surface area contributed by atoms with Crippen LogP contribution < -0.4 is 17.0 Å². The number of halogens is 1. The van der Waals surface area contributed by atoms with E-state index in [0.717, 1.165) is 4.57 Å². The average molecular weight is 232 g/mol. The Hall–Kier alpha value is -1.56. The van der Waals surface area contributed by atoms with Crippen molar-refractivity contribution in [3.8, 4) is 0 Å². The molecular weight excluding hydrogens is 222 g/mol. The third-order valence-corrected chi connectivity index (χ3v) is 2.20. The zero-order valence-electron chi connectivity index (χ0n) is 8.04. The van der Waals surface area contributed by atoms with Gasteiger partial charge in [0.15, 0.2) is 5.78 Å². The normalized spacial score (nSPS) is 10.3. The van der Waals surface area contributed by atoms with Crippen LogP contribution in [0.1, 0.15) is 17.3 Å². The number of rotatable bonds is 3. The van der Waals surface area contributed by atoms with Gasteiger partial charge in [-0.05, 0) is 6.92 Å². The molecule has 0 unspecified atom stereocenters. The molecule has 0 fully saturated rings. The summed E-state index contributed by atoms with van der Waals surface area (Å²) >= 11 is 5.32. The number of hydrogen-bond donors (Lipinski definition) is 2. The first-order valence-corrected chi connectivity index (χ1v) is 4.78. The highest BCUT2D eigenvalue weighted by molar-refractivity contribution is 6.30. The molecule has 0 saturated carbocycles. The van der Waals surface area contributed by atoms with E-state index in [4.69, 9.17) is 17.3 Å². The number of carbonyl (C=O) groups excluding carboxylic acids is 1. The fraction of sp³-hybridized carbons (Fsp3) is 0.375. The first-order chi connectivity index (χ1) is 7.02. The van der Waals surface area contributed by atoms with Gasteiger partial charge in [-0.1, -0.05) is 0 Å². The van der Waals surface area contributed by atoms with Gasteiger partial charge in [-0.2, -0.15) is 0 Å². The lowest BCUT2D eigenvalue weighted by Gasteiger charge is -2.08.